The summed E-state index contributed by atoms with van der Waals surface area (Å²) in [4.78, 5) is 14.1. The SMILES string of the molecule is CCCC1(C(CCCN2C(=O)CCC2CO)O[Si](C)(C)C(C)(C)C)CCC1. The molecule has 1 aliphatic carbocycles. The minimum Gasteiger partial charge on any atom is -0.413 e. The van der Waals surface area contributed by atoms with Gasteiger partial charge in [0.2, 0.25) is 5.91 Å². The molecule has 2 atom stereocenters. The first-order valence-electron chi connectivity index (χ1n) is 11.1. The summed E-state index contributed by atoms with van der Waals surface area (Å²) in [7, 11) is -1.83. The smallest absolute Gasteiger partial charge is 0.222 e. The molecule has 0 aromatic heterocycles. The third-order valence-electron chi connectivity index (χ3n) is 7.55. The summed E-state index contributed by atoms with van der Waals surface area (Å²) < 4.78 is 6.99. The number of likely N-dealkylation sites (tertiary alicyclic amines) is 1. The molecule has 1 N–H and O–H groups in total. The number of amides is 1. The van der Waals surface area contributed by atoms with Crippen LogP contribution in [0.25, 0.3) is 0 Å². The van der Waals surface area contributed by atoms with Gasteiger partial charge in [-0.3, -0.25) is 4.79 Å². The molecule has 4 nitrogen and oxygen atoms in total. The number of carbonyl (C=O) groups excluding carboxylic acids is 1. The van der Waals surface area contributed by atoms with Crippen LogP contribution in [-0.2, 0) is 9.22 Å². The summed E-state index contributed by atoms with van der Waals surface area (Å²) in [6, 6.07) is 0.0329. The van der Waals surface area contributed by atoms with Gasteiger partial charge < -0.3 is 14.4 Å². The van der Waals surface area contributed by atoms with Gasteiger partial charge in [0, 0.05) is 13.0 Å². The van der Waals surface area contributed by atoms with E-state index in [0.29, 0.717) is 17.9 Å². The maximum absolute atomic E-state index is 12.1. The Labute approximate surface area is 168 Å². The minimum atomic E-state index is -1.83. The second-order valence-corrected chi connectivity index (χ2v) is 15.2. The van der Waals surface area contributed by atoms with Crippen molar-refractivity contribution in [2.45, 2.75) is 116 Å². The van der Waals surface area contributed by atoms with Crippen LogP contribution in [0, 0.1) is 5.41 Å². The van der Waals surface area contributed by atoms with E-state index in [1.165, 1.54) is 32.1 Å². The van der Waals surface area contributed by atoms with Crippen molar-refractivity contribution < 1.29 is 14.3 Å². The number of carbonyl (C=O) groups is 1. The molecule has 0 spiro atoms. The molecule has 0 aromatic carbocycles. The molecular formula is C22H43NO3Si. The van der Waals surface area contributed by atoms with E-state index in [9.17, 15) is 9.90 Å². The molecule has 0 radical (unpaired) electrons. The van der Waals surface area contributed by atoms with E-state index in [-0.39, 0.29) is 23.6 Å². The van der Waals surface area contributed by atoms with Crippen molar-refractivity contribution in [3.8, 4) is 0 Å². The highest BCUT2D eigenvalue weighted by Gasteiger charge is 2.48. The first-order chi connectivity index (χ1) is 12.6. The van der Waals surface area contributed by atoms with Gasteiger partial charge in [-0.15, -0.1) is 0 Å². The largest absolute Gasteiger partial charge is 0.413 e. The highest BCUT2D eigenvalue weighted by molar-refractivity contribution is 6.74. The molecule has 2 unspecified atom stereocenters. The maximum atomic E-state index is 12.1. The zero-order chi connectivity index (χ0) is 20.3. The van der Waals surface area contributed by atoms with E-state index in [0.717, 1.165) is 25.8 Å². The molecule has 1 saturated heterocycles. The monoisotopic (exact) mass is 397 g/mol. The fourth-order valence-corrected chi connectivity index (χ4v) is 6.05. The van der Waals surface area contributed by atoms with E-state index in [1.807, 2.05) is 4.90 Å². The summed E-state index contributed by atoms with van der Waals surface area (Å²) in [6.45, 7) is 14.8. The van der Waals surface area contributed by atoms with E-state index in [1.54, 1.807) is 0 Å². The number of aliphatic hydroxyl groups is 1. The Morgan fingerprint density at radius 3 is 2.48 bits per heavy atom. The van der Waals surface area contributed by atoms with Gasteiger partial charge in [0.1, 0.15) is 0 Å². The van der Waals surface area contributed by atoms with Crippen LogP contribution in [0.15, 0.2) is 0 Å². The third kappa shape index (κ3) is 5.16. The van der Waals surface area contributed by atoms with Crippen molar-refractivity contribution >= 4 is 14.2 Å². The summed E-state index contributed by atoms with van der Waals surface area (Å²) in [5.41, 5.74) is 0.357. The van der Waals surface area contributed by atoms with Gasteiger partial charge in [-0.1, -0.05) is 40.5 Å². The van der Waals surface area contributed by atoms with Crippen molar-refractivity contribution in [2.75, 3.05) is 13.2 Å². The van der Waals surface area contributed by atoms with Gasteiger partial charge in [0.25, 0.3) is 0 Å². The van der Waals surface area contributed by atoms with E-state index >= 15 is 0 Å². The molecule has 158 valence electrons. The Morgan fingerprint density at radius 2 is 2.00 bits per heavy atom. The zero-order valence-corrected chi connectivity index (χ0v) is 19.6. The molecule has 2 aliphatic rings. The van der Waals surface area contributed by atoms with Crippen LogP contribution in [0.4, 0.5) is 0 Å². The Balaban J connectivity index is 2.05. The topological polar surface area (TPSA) is 49.8 Å². The number of aliphatic hydroxyl groups excluding tert-OH is 1. The molecule has 0 aromatic rings. The lowest BCUT2D eigenvalue weighted by Gasteiger charge is -2.52. The first-order valence-corrected chi connectivity index (χ1v) is 14.1. The van der Waals surface area contributed by atoms with Crippen molar-refractivity contribution in [3.05, 3.63) is 0 Å². The Kier molecular flexibility index (Phi) is 7.59. The van der Waals surface area contributed by atoms with Gasteiger partial charge in [-0.2, -0.15) is 0 Å². The molecule has 1 amide bonds. The van der Waals surface area contributed by atoms with Crippen molar-refractivity contribution in [2.24, 2.45) is 5.41 Å². The van der Waals surface area contributed by atoms with Crippen LogP contribution >= 0.6 is 0 Å². The highest BCUT2D eigenvalue weighted by Crippen LogP contribution is 2.52. The molecule has 2 fully saturated rings. The number of hydrogen-bond donors (Lipinski definition) is 1. The summed E-state index contributed by atoms with van der Waals surface area (Å²) >= 11 is 0. The standard InChI is InChI=1S/C22H43NO3Si/c1-7-13-22(14-9-15-22)19(26-27(5,6)21(2,3)4)10-8-16-23-18(17-24)11-12-20(23)25/h18-19,24H,7-17H2,1-6H3. The van der Waals surface area contributed by atoms with E-state index in [4.69, 9.17) is 4.43 Å². The lowest BCUT2D eigenvalue weighted by Crippen LogP contribution is -2.51. The minimum absolute atomic E-state index is 0.0329. The number of hydrogen-bond acceptors (Lipinski definition) is 3. The zero-order valence-electron chi connectivity index (χ0n) is 18.6. The van der Waals surface area contributed by atoms with Gasteiger partial charge >= 0.3 is 0 Å². The van der Waals surface area contributed by atoms with E-state index in [2.05, 4.69) is 40.8 Å². The van der Waals surface area contributed by atoms with Crippen molar-refractivity contribution in [1.82, 2.24) is 4.90 Å². The Bertz CT molecular complexity index is 496. The molecule has 0 bridgehead atoms. The summed E-state index contributed by atoms with van der Waals surface area (Å²) in [5, 5.41) is 9.76. The molecule has 5 heteroatoms. The number of nitrogens with zero attached hydrogens (tertiary/aromatic N) is 1. The Morgan fingerprint density at radius 1 is 1.33 bits per heavy atom. The van der Waals surface area contributed by atoms with Crippen molar-refractivity contribution in [1.29, 1.82) is 0 Å². The van der Waals surface area contributed by atoms with Gasteiger partial charge in [0.15, 0.2) is 8.32 Å². The molecule has 1 saturated carbocycles. The second kappa shape index (κ2) is 8.96. The van der Waals surface area contributed by atoms with Crippen LogP contribution in [0.3, 0.4) is 0 Å². The fraction of sp³-hybridized carbons (Fsp3) is 0.955. The molecule has 2 rings (SSSR count). The molecule has 1 heterocycles. The van der Waals surface area contributed by atoms with Crippen LogP contribution in [0.1, 0.15) is 85.5 Å². The molecule has 27 heavy (non-hydrogen) atoms. The van der Waals surface area contributed by atoms with Gasteiger partial charge in [0.05, 0.1) is 18.8 Å². The average Bonchev–Trinajstić information content (AvgIpc) is 2.89. The highest BCUT2D eigenvalue weighted by atomic mass is 28.4. The van der Waals surface area contributed by atoms with Crippen molar-refractivity contribution in [3.63, 3.8) is 0 Å². The van der Waals surface area contributed by atoms with E-state index < -0.39 is 8.32 Å². The predicted molar refractivity (Wildman–Crippen MR) is 114 cm³/mol. The summed E-state index contributed by atoms with van der Waals surface area (Å²) in [5.74, 6) is 0.211. The lowest BCUT2D eigenvalue weighted by atomic mass is 9.62. The quantitative estimate of drug-likeness (QED) is 0.521. The van der Waals surface area contributed by atoms with Crippen LogP contribution in [-0.4, -0.2) is 49.5 Å². The summed E-state index contributed by atoms with van der Waals surface area (Å²) in [6.07, 6.45) is 10.1. The second-order valence-electron chi connectivity index (χ2n) is 10.4. The molecule has 1 aliphatic heterocycles. The average molecular weight is 398 g/mol. The normalized spacial score (nSPS) is 24.2. The lowest BCUT2D eigenvalue weighted by molar-refractivity contribution is -0.129. The molecular weight excluding hydrogens is 354 g/mol. The van der Waals surface area contributed by atoms with Gasteiger partial charge in [-0.05, 0) is 62.1 Å². The third-order valence-corrected chi connectivity index (χ3v) is 12.0. The first kappa shape index (κ1) is 22.9. The van der Waals surface area contributed by atoms with Crippen LogP contribution < -0.4 is 0 Å². The fourth-order valence-electron chi connectivity index (χ4n) is 4.62. The van der Waals surface area contributed by atoms with Gasteiger partial charge in [-0.25, -0.2) is 0 Å². The van der Waals surface area contributed by atoms with Crippen LogP contribution in [0.2, 0.25) is 18.1 Å². The number of rotatable bonds is 10. The van der Waals surface area contributed by atoms with Crippen LogP contribution in [0.5, 0.6) is 0 Å². The maximum Gasteiger partial charge on any atom is 0.222 e. The predicted octanol–water partition coefficient (Wildman–Crippen LogP) is 5.11. The Hall–Kier alpha value is -0.393.